The highest BCUT2D eigenvalue weighted by Crippen LogP contribution is 2.64. The van der Waals surface area contributed by atoms with E-state index in [0.717, 1.165) is 6.42 Å². The van der Waals surface area contributed by atoms with Crippen molar-refractivity contribution in [3.8, 4) is 0 Å². The lowest BCUT2D eigenvalue weighted by Crippen LogP contribution is -2.32. The summed E-state index contributed by atoms with van der Waals surface area (Å²) < 4.78 is 0. The van der Waals surface area contributed by atoms with Crippen LogP contribution in [0.25, 0.3) is 0 Å². The summed E-state index contributed by atoms with van der Waals surface area (Å²) in [5, 5.41) is 12.2. The molecule has 22 heavy (non-hydrogen) atoms. The Morgan fingerprint density at radius 1 is 1.32 bits per heavy atom. The fourth-order valence-electron chi connectivity index (χ4n) is 3.89. The van der Waals surface area contributed by atoms with E-state index in [4.69, 9.17) is 0 Å². The maximum atomic E-state index is 11.9. The van der Waals surface area contributed by atoms with E-state index in [1.807, 2.05) is 19.0 Å². The van der Waals surface area contributed by atoms with Crippen LogP contribution in [0.5, 0.6) is 0 Å². The summed E-state index contributed by atoms with van der Waals surface area (Å²) in [5.74, 6) is 0.614. The zero-order valence-corrected chi connectivity index (χ0v) is 14.8. The van der Waals surface area contributed by atoms with Crippen molar-refractivity contribution in [1.82, 2.24) is 10.2 Å². The quantitative estimate of drug-likeness (QED) is 0.629. The van der Waals surface area contributed by atoms with Crippen LogP contribution < -0.4 is 5.32 Å². The Morgan fingerprint density at radius 3 is 2.59 bits per heavy atom. The number of nitrogens with zero attached hydrogens (tertiary/aromatic N) is 3. The van der Waals surface area contributed by atoms with Gasteiger partial charge in [-0.05, 0) is 42.4 Å². The van der Waals surface area contributed by atoms with Crippen molar-refractivity contribution in [1.29, 1.82) is 0 Å². The van der Waals surface area contributed by atoms with Gasteiger partial charge >= 0.3 is 0 Å². The normalized spacial score (nSPS) is 38.3. The van der Waals surface area contributed by atoms with E-state index in [1.54, 1.807) is 6.20 Å². The van der Waals surface area contributed by atoms with Crippen LogP contribution in [0, 0.1) is 16.7 Å². The molecule has 0 aromatic rings. The van der Waals surface area contributed by atoms with Crippen molar-refractivity contribution in [2.45, 2.75) is 40.0 Å². The van der Waals surface area contributed by atoms with Crippen molar-refractivity contribution >= 4 is 28.5 Å². The van der Waals surface area contributed by atoms with Crippen LogP contribution in [0.1, 0.15) is 40.0 Å². The van der Waals surface area contributed by atoms with E-state index in [2.05, 4.69) is 36.3 Å². The molecule has 0 unspecified atom stereocenters. The van der Waals surface area contributed by atoms with Crippen molar-refractivity contribution in [3.63, 3.8) is 0 Å². The number of thioether (sulfide) groups is 1. The van der Waals surface area contributed by atoms with Gasteiger partial charge in [0.1, 0.15) is 0 Å². The Kier molecular flexibility index (Phi) is 3.62. The molecule has 5 nitrogen and oxygen atoms in total. The fraction of sp³-hybridized carbons (Fsp3) is 0.688. The highest BCUT2D eigenvalue weighted by Gasteiger charge is 2.60. The zero-order valence-electron chi connectivity index (χ0n) is 13.9. The van der Waals surface area contributed by atoms with Gasteiger partial charge in [-0.2, -0.15) is 5.10 Å². The highest BCUT2D eigenvalue weighted by atomic mass is 32.2. The minimum Gasteiger partial charge on any atom is -0.382 e. The molecule has 2 aliphatic carbocycles. The molecule has 2 bridgehead atoms. The summed E-state index contributed by atoms with van der Waals surface area (Å²) in [6.07, 6.45) is 5.33. The Labute approximate surface area is 136 Å². The molecule has 0 aromatic heterocycles. The SMILES string of the molecule is CN(C)/C=C1\S/C(=N\N=C2/C[C@H]3CC[C@]2(C)C3(C)C)NC1=O. The Bertz CT molecular complexity index is 605. The van der Waals surface area contributed by atoms with Crippen LogP contribution in [0.3, 0.4) is 0 Å². The molecule has 2 atom stereocenters. The van der Waals surface area contributed by atoms with Gasteiger partial charge in [0.25, 0.3) is 5.91 Å². The second kappa shape index (κ2) is 5.11. The van der Waals surface area contributed by atoms with Crippen LogP contribution in [0.15, 0.2) is 21.3 Å². The van der Waals surface area contributed by atoms with E-state index >= 15 is 0 Å². The molecule has 1 aliphatic heterocycles. The third-order valence-electron chi connectivity index (χ3n) is 5.80. The van der Waals surface area contributed by atoms with Crippen LogP contribution in [-0.2, 0) is 4.79 Å². The molecular weight excluding hydrogens is 296 g/mol. The molecule has 0 radical (unpaired) electrons. The lowest BCUT2D eigenvalue weighted by Gasteiger charge is -2.34. The van der Waals surface area contributed by atoms with E-state index in [0.29, 0.717) is 21.4 Å². The number of amidine groups is 1. The van der Waals surface area contributed by atoms with Crippen LogP contribution in [0.4, 0.5) is 0 Å². The van der Waals surface area contributed by atoms with Crippen molar-refractivity contribution in [2.75, 3.05) is 14.1 Å². The topological polar surface area (TPSA) is 57.1 Å². The van der Waals surface area contributed by atoms with Gasteiger partial charge < -0.3 is 4.90 Å². The minimum atomic E-state index is -0.0999. The van der Waals surface area contributed by atoms with Crippen molar-refractivity contribution < 1.29 is 4.79 Å². The van der Waals surface area contributed by atoms with Gasteiger partial charge in [0, 0.05) is 31.4 Å². The average molecular weight is 320 g/mol. The third kappa shape index (κ3) is 2.28. The van der Waals surface area contributed by atoms with E-state index < -0.39 is 0 Å². The molecule has 1 heterocycles. The molecule has 1 amide bonds. The first-order valence-corrected chi connectivity index (χ1v) is 8.58. The van der Waals surface area contributed by atoms with Crippen LogP contribution in [-0.4, -0.2) is 35.8 Å². The summed E-state index contributed by atoms with van der Waals surface area (Å²) >= 11 is 1.35. The minimum absolute atomic E-state index is 0.0999. The van der Waals surface area contributed by atoms with Crippen molar-refractivity contribution in [2.24, 2.45) is 27.0 Å². The highest BCUT2D eigenvalue weighted by molar-refractivity contribution is 8.18. The molecule has 120 valence electrons. The van der Waals surface area contributed by atoms with Gasteiger partial charge in [0.2, 0.25) is 0 Å². The lowest BCUT2D eigenvalue weighted by molar-refractivity contribution is -0.115. The summed E-state index contributed by atoms with van der Waals surface area (Å²) in [4.78, 5) is 14.4. The lowest BCUT2D eigenvalue weighted by atomic mass is 9.70. The molecule has 3 aliphatic rings. The molecule has 2 saturated carbocycles. The number of rotatable bonds is 2. The number of carbonyl (C=O) groups excluding carboxylic acids is 1. The number of hydrogen-bond donors (Lipinski definition) is 1. The van der Waals surface area contributed by atoms with Crippen LogP contribution >= 0.6 is 11.8 Å². The number of fused-ring (bicyclic) bond motifs is 2. The predicted octanol–water partition coefficient (Wildman–Crippen LogP) is 2.81. The number of hydrogen-bond acceptors (Lipinski definition) is 5. The first-order valence-electron chi connectivity index (χ1n) is 7.76. The summed E-state index contributed by atoms with van der Waals surface area (Å²) in [7, 11) is 3.79. The van der Waals surface area contributed by atoms with E-state index in [1.165, 1.54) is 30.3 Å². The molecule has 6 heteroatoms. The van der Waals surface area contributed by atoms with E-state index in [-0.39, 0.29) is 11.3 Å². The molecule has 0 aromatic carbocycles. The number of nitrogens with one attached hydrogen (secondary N) is 1. The Hall–Kier alpha value is -1.30. The Balaban J connectivity index is 1.80. The predicted molar refractivity (Wildman–Crippen MR) is 91.6 cm³/mol. The molecule has 3 fully saturated rings. The Morgan fingerprint density at radius 2 is 2.05 bits per heavy atom. The largest absolute Gasteiger partial charge is 0.382 e. The summed E-state index contributed by atoms with van der Waals surface area (Å²) in [6.45, 7) is 7.02. The zero-order chi connectivity index (χ0) is 16.1. The third-order valence-corrected chi connectivity index (χ3v) is 6.69. The molecule has 1 N–H and O–H groups in total. The smallest absolute Gasteiger partial charge is 0.265 e. The van der Waals surface area contributed by atoms with Gasteiger partial charge in [-0.25, -0.2) is 0 Å². The second-order valence-electron chi connectivity index (χ2n) is 7.46. The molecule has 0 spiro atoms. The van der Waals surface area contributed by atoms with Gasteiger partial charge in [-0.1, -0.05) is 20.8 Å². The molecule has 3 rings (SSSR count). The van der Waals surface area contributed by atoms with Crippen LogP contribution in [0.2, 0.25) is 0 Å². The molecular formula is C16H24N4OS. The van der Waals surface area contributed by atoms with Gasteiger partial charge in [0.05, 0.1) is 4.91 Å². The van der Waals surface area contributed by atoms with Gasteiger partial charge in [0.15, 0.2) is 5.17 Å². The monoisotopic (exact) mass is 320 g/mol. The maximum Gasteiger partial charge on any atom is 0.265 e. The summed E-state index contributed by atoms with van der Waals surface area (Å²) in [6, 6.07) is 0. The molecule has 1 saturated heterocycles. The average Bonchev–Trinajstić information content (AvgIpc) is 2.93. The van der Waals surface area contributed by atoms with Gasteiger partial charge in [-0.3, -0.25) is 10.1 Å². The fourth-order valence-corrected chi connectivity index (χ4v) is 4.73. The summed E-state index contributed by atoms with van der Waals surface area (Å²) in [5.41, 5.74) is 1.65. The standard InChI is InChI=1S/C16H24N4OS/c1-15(2)10-6-7-16(15,3)12(8-10)18-19-14-17-13(21)11(22-14)9-20(4)5/h9-10H,6-8H2,1-5H3,(H,17,19,21)/b11-9-,18-12+/t10-,16+/m1/s1. The number of amides is 1. The first kappa shape index (κ1) is 15.6. The number of carbonyl (C=O) groups is 1. The van der Waals surface area contributed by atoms with E-state index in [9.17, 15) is 4.79 Å². The first-order chi connectivity index (χ1) is 10.2. The van der Waals surface area contributed by atoms with Crippen molar-refractivity contribution in [3.05, 3.63) is 11.1 Å². The van der Waals surface area contributed by atoms with Gasteiger partial charge in [-0.15, -0.1) is 5.10 Å². The maximum absolute atomic E-state index is 11.9. The second-order valence-corrected chi connectivity index (χ2v) is 8.49.